The molecule has 100 valence electrons. The Morgan fingerprint density at radius 1 is 0.700 bits per heavy atom. The summed E-state index contributed by atoms with van der Waals surface area (Å²) in [6.45, 7) is 1.62. The van der Waals surface area contributed by atoms with E-state index in [4.69, 9.17) is 11.6 Å². The molecule has 0 saturated heterocycles. The molecule has 0 aliphatic rings. The molecule has 0 radical (unpaired) electrons. The molecule has 2 heteroatoms. The van der Waals surface area contributed by atoms with E-state index in [-0.39, 0.29) is 0 Å². The quantitative estimate of drug-likeness (QED) is 0.725. The lowest BCUT2D eigenvalue weighted by Gasteiger charge is -2.09. The van der Waals surface area contributed by atoms with Gasteiger partial charge in [-0.25, -0.2) is 0 Å². The Bertz CT molecular complexity index is 716. The first-order valence-corrected chi connectivity index (χ1v) is 7.13. The Morgan fingerprint density at radius 2 is 1.35 bits per heavy atom. The van der Waals surface area contributed by atoms with Crippen LogP contribution in [0.15, 0.2) is 66.7 Å². The molecule has 1 N–H and O–H groups in total. The first-order chi connectivity index (χ1) is 9.84. The normalized spacial score (nSPS) is 10.8. The molecule has 0 bridgehead atoms. The van der Waals surface area contributed by atoms with Crippen molar-refractivity contribution in [1.82, 2.24) is 5.32 Å². The average molecular weight is 282 g/mol. The van der Waals surface area contributed by atoms with E-state index in [9.17, 15) is 0 Å². The molecule has 0 aromatic heterocycles. The number of rotatable bonds is 4. The van der Waals surface area contributed by atoms with Gasteiger partial charge in [-0.2, -0.15) is 0 Å². The number of hydrogen-bond acceptors (Lipinski definition) is 1. The van der Waals surface area contributed by atoms with Crippen molar-refractivity contribution in [2.24, 2.45) is 0 Å². The summed E-state index contributed by atoms with van der Waals surface area (Å²) in [5.74, 6) is 0. The Labute approximate surface area is 124 Å². The van der Waals surface area contributed by atoms with Gasteiger partial charge in [0.1, 0.15) is 0 Å². The van der Waals surface area contributed by atoms with Crippen LogP contribution in [-0.2, 0) is 13.1 Å². The first kappa shape index (κ1) is 13.2. The van der Waals surface area contributed by atoms with Crippen molar-refractivity contribution in [3.8, 4) is 0 Å². The van der Waals surface area contributed by atoms with Crippen molar-refractivity contribution in [3.63, 3.8) is 0 Å². The predicted octanol–water partition coefficient (Wildman–Crippen LogP) is 4.78. The third kappa shape index (κ3) is 2.84. The average Bonchev–Trinajstić information content (AvgIpc) is 2.49. The van der Waals surface area contributed by atoms with Gasteiger partial charge in [0.2, 0.25) is 0 Å². The SMILES string of the molecule is Clc1ccccc1CNCc1cccc2ccccc12. The molecule has 20 heavy (non-hydrogen) atoms. The van der Waals surface area contributed by atoms with Crippen LogP contribution in [-0.4, -0.2) is 0 Å². The number of benzene rings is 3. The van der Waals surface area contributed by atoms with Crippen LogP contribution >= 0.6 is 11.6 Å². The van der Waals surface area contributed by atoms with Gasteiger partial charge in [-0.05, 0) is 28.0 Å². The molecule has 0 amide bonds. The topological polar surface area (TPSA) is 12.0 Å². The minimum Gasteiger partial charge on any atom is -0.309 e. The molecule has 0 heterocycles. The Kier molecular flexibility index (Phi) is 4.00. The van der Waals surface area contributed by atoms with E-state index in [1.165, 1.54) is 16.3 Å². The molecule has 0 spiro atoms. The zero-order valence-electron chi connectivity index (χ0n) is 11.1. The van der Waals surface area contributed by atoms with Crippen LogP contribution in [0.3, 0.4) is 0 Å². The van der Waals surface area contributed by atoms with Crippen LogP contribution < -0.4 is 5.32 Å². The molecule has 0 atom stereocenters. The fourth-order valence-electron chi connectivity index (χ4n) is 2.42. The third-order valence-corrected chi connectivity index (χ3v) is 3.84. The molecule has 3 aromatic carbocycles. The lowest BCUT2D eigenvalue weighted by molar-refractivity contribution is 0.697. The highest BCUT2D eigenvalue weighted by atomic mass is 35.5. The van der Waals surface area contributed by atoms with Gasteiger partial charge in [0.15, 0.2) is 0 Å². The summed E-state index contributed by atoms with van der Waals surface area (Å²) in [7, 11) is 0. The Morgan fingerprint density at radius 3 is 2.25 bits per heavy atom. The van der Waals surface area contributed by atoms with Gasteiger partial charge in [-0.15, -0.1) is 0 Å². The van der Waals surface area contributed by atoms with Gasteiger partial charge < -0.3 is 5.32 Å². The molecule has 0 saturated carbocycles. The van der Waals surface area contributed by atoms with E-state index in [1.807, 2.05) is 18.2 Å². The number of fused-ring (bicyclic) bond motifs is 1. The van der Waals surface area contributed by atoms with Crippen LogP contribution in [0, 0.1) is 0 Å². The lowest BCUT2D eigenvalue weighted by atomic mass is 10.0. The van der Waals surface area contributed by atoms with Crippen molar-refractivity contribution in [3.05, 3.63) is 82.9 Å². The highest BCUT2D eigenvalue weighted by Gasteiger charge is 2.01. The van der Waals surface area contributed by atoms with E-state index in [0.717, 1.165) is 23.7 Å². The van der Waals surface area contributed by atoms with Crippen LogP contribution in [0.1, 0.15) is 11.1 Å². The summed E-state index contributed by atoms with van der Waals surface area (Å²) in [5, 5.41) is 6.87. The largest absolute Gasteiger partial charge is 0.309 e. The first-order valence-electron chi connectivity index (χ1n) is 6.75. The molecule has 1 nitrogen and oxygen atoms in total. The molecule has 0 aliphatic heterocycles. The lowest BCUT2D eigenvalue weighted by Crippen LogP contribution is -2.13. The number of nitrogens with one attached hydrogen (secondary N) is 1. The number of halogens is 1. The van der Waals surface area contributed by atoms with Crippen molar-refractivity contribution in [2.45, 2.75) is 13.1 Å². The van der Waals surface area contributed by atoms with E-state index in [1.54, 1.807) is 0 Å². The maximum absolute atomic E-state index is 6.16. The molecule has 3 rings (SSSR count). The van der Waals surface area contributed by atoms with Crippen molar-refractivity contribution in [2.75, 3.05) is 0 Å². The Hall–Kier alpha value is -1.83. The second-order valence-corrected chi connectivity index (χ2v) is 5.24. The van der Waals surface area contributed by atoms with Crippen LogP contribution in [0.2, 0.25) is 5.02 Å². The molecule has 0 fully saturated rings. The van der Waals surface area contributed by atoms with Crippen molar-refractivity contribution >= 4 is 22.4 Å². The van der Waals surface area contributed by atoms with Crippen molar-refractivity contribution < 1.29 is 0 Å². The van der Waals surface area contributed by atoms with E-state index in [0.29, 0.717) is 0 Å². The zero-order chi connectivity index (χ0) is 13.8. The summed E-state index contributed by atoms with van der Waals surface area (Å²) < 4.78 is 0. The smallest absolute Gasteiger partial charge is 0.0450 e. The van der Waals surface area contributed by atoms with Crippen LogP contribution in [0.25, 0.3) is 10.8 Å². The summed E-state index contributed by atoms with van der Waals surface area (Å²) in [5.41, 5.74) is 2.45. The summed E-state index contributed by atoms with van der Waals surface area (Å²) in [6.07, 6.45) is 0. The second-order valence-electron chi connectivity index (χ2n) is 4.83. The standard InChI is InChI=1S/C18H16ClN/c19-18-11-4-2-7-16(18)13-20-12-15-9-5-8-14-6-1-3-10-17(14)15/h1-11,20H,12-13H2. The third-order valence-electron chi connectivity index (χ3n) is 3.47. The highest BCUT2D eigenvalue weighted by Crippen LogP contribution is 2.19. The number of hydrogen-bond donors (Lipinski definition) is 1. The van der Waals surface area contributed by atoms with Gasteiger partial charge in [-0.3, -0.25) is 0 Å². The van der Waals surface area contributed by atoms with E-state index in [2.05, 4.69) is 53.8 Å². The molecule has 3 aromatic rings. The monoisotopic (exact) mass is 281 g/mol. The maximum atomic E-state index is 6.16. The molecule has 0 aliphatic carbocycles. The molecule has 0 unspecified atom stereocenters. The van der Waals surface area contributed by atoms with Gasteiger partial charge >= 0.3 is 0 Å². The van der Waals surface area contributed by atoms with Crippen LogP contribution in [0.5, 0.6) is 0 Å². The fraction of sp³-hybridized carbons (Fsp3) is 0.111. The van der Waals surface area contributed by atoms with E-state index >= 15 is 0 Å². The Balaban J connectivity index is 1.73. The summed E-state index contributed by atoms with van der Waals surface area (Å²) >= 11 is 6.16. The minimum absolute atomic E-state index is 0.781. The predicted molar refractivity (Wildman–Crippen MR) is 85.9 cm³/mol. The van der Waals surface area contributed by atoms with Gasteiger partial charge in [0, 0.05) is 18.1 Å². The molecular weight excluding hydrogens is 266 g/mol. The van der Waals surface area contributed by atoms with Crippen molar-refractivity contribution in [1.29, 1.82) is 0 Å². The molecular formula is C18H16ClN. The summed E-state index contributed by atoms with van der Waals surface area (Å²) in [4.78, 5) is 0. The summed E-state index contributed by atoms with van der Waals surface area (Å²) in [6, 6.07) is 22.8. The van der Waals surface area contributed by atoms with E-state index < -0.39 is 0 Å². The fourth-order valence-corrected chi connectivity index (χ4v) is 2.62. The van der Waals surface area contributed by atoms with Crippen LogP contribution in [0.4, 0.5) is 0 Å². The van der Waals surface area contributed by atoms with Gasteiger partial charge in [-0.1, -0.05) is 72.3 Å². The maximum Gasteiger partial charge on any atom is 0.0450 e. The highest BCUT2D eigenvalue weighted by molar-refractivity contribution is 6.31. The minimum atomic E-state index is 0.781. The van der Waals surface area contributed by atoms with Gasteiger partial charge in [0.05, 0.1) is 0 Å². The zero-order valence-corrected chi connectivity index (χ0v) is 11.9. The second kappa shape index (κ2) is 6.08. The van der Waals surface area contributed by atoms with Gasteiger partial charge in [0.25, 0.3) is 0 Å².